The van der Waals surface area contributed by atoms with Gasteiger partial charge in [0, 0.05) is 12.4 Å². The third-order valence-electron chi connectivity index (χ3n) is 1.49. The molecule has 0 aliphatic carbocycles. The summed E-state index contributed by atoms with van der Waals surface area (Å²) >= 11 is 0. The third-order valence-corrected chi connectivity index (χ3v) is 4.12. The highest BCUT2D eigenvalue weighted by atomic mass is 32.2. The van der Waals surface area contributed by atoms with E-state index in [1.165, 1.54) is 12.4 Å². The molecule has 0 aliphatic heterocycles. The zero-order chi connectivity index (χ0) is 11.5. The van der Waals surface area contributed by atoms with E-state index in [1.54, 1.807) is 0 Å². The number of nitrogens with zero attached hydrogens (tertiary/aromatic N) is 2. The molecule has 1 aromatic rings. The Kier molecular flexibility index (Phi) is 3.37. The number of nitrogens with two attached hydrogens (primary N) is 1. The van der Waals surface area contributed by atoms with Gasteiger partial charge < -0.3 is 0 Å². The predicted molar refractivity (Wildman–Crippen MR) is 52.1 cm³/mol. The maximum absolute atomic E-state index is 11.5. The number of sulfonamides is 1. The Bertz CT molecular complexity index is 523. The Hall–Kier alpha value is -1.06. The Balaban J connectivity index is 2.87. The lowest BCUT2D eigenvalue weighted by atomic mass is 10.8. The topological polar surface area (TPSA) is 120 Å². The van der Waals surface area contributed by atoms with Gasteiger partial charge in [-0.25, -0.2) is 27.0 Å². The van der Waals surface area contributed by atoms with Gasteiger partial charge in [0.15, 0.2) is 14.9 Å². The summed E-state index contributed by atoms with van der Waals surface area (Å²) in [5.41, 5.74) is 0. The zero-order valence-corrected chi connectivity index (χ0v) is 9.20. The van der Waals surface area contributed by atoms with Gasteiger partial charge >= 0.3 is 0 Å². The molecule has 0 saturated heterocycles. The first-order valence-electron chi connectivity index (χ1n) is 3.80. The van der Waals surface area contributed by atoms with Gasteiger partial charge in [0.05, 0.1) is 17.7 Å². The summed E-state index contributed by atoms with van der Waals surface area (Å²) in [5.74, 6) is -1.23. The number of sulfone groups is 1. The molecule has 0 aromatic carbocycles. The van der Waals surface area contributed by atoms with Gasteiger partial charge in [-0.1, -0.05) is 0 Å². The van der Waals surface area contributed by atoms with Crippen molar-refractivity contribution in [2.45, 2.75) is 5.03 Å². The lowest BCUT2D eigenvalue weighted by Crippen LogP contribution is -2.23. The molecule has 0 atom stereocenters. The van der Waals surface area contributed by atoms with Crippen molar-refractivity contribution in [3.8, 4) is 0 Å². The number of primary sulfonamides is 1. The maximum atomic E-state index is 11.5. The van der Waals surface area contributed by atoms with Crippen LogP contribution in [0.5, 0.6) is 0 Å². The van der Waals surface area contributed by atoms with E-state index in [0.29, 0.717) is 0 Å². The summed E-state index contributed by atoms with van der Waals surface area (Å²) in [6.07, 6.45) is 3.58. The molecule has 1 aromatic heterocycles. The number of rotatable bonds is 4. The van der Waals surface area contributed by atoms with Gasteiger partial charge in [-0.3, -0.25) is 4.98 Å². The number of hydrogen-bond donors (Lipinski definition) is 1. The highest BCUT2D eigenvalue weighted by molar-refractivity contribution is 7.94. The molecule has 0 bridgehead atoms. The average Bonchev–Trinajstić information content (AvgIpc) is 2.16. The summed E-state index contributed by atoms with van der Waals surface area (Å²) in [5, 5.41) is 4.44. The van der Waals surface area contributed by atoms with Crippen molar-refractivity contribution in [2.75, 3.05) is 11.5 Å². The van der Waals surface area contributed by atoms with Crippen molar-refractivity contribution in [1.82, 2.24) is 9.97 Å². The first-order chi connectivity index (χ1) is 6.81. The molecule has 0 fully saturated rings. The van der Waals surface area contributed by atoms with Crippen LogP contribution in [-0.4, -0.2) is 38.3 Å². The van der Waals surface area contributed by atoms with Crippen molar-refractivity contribution < 1.29 is 16.8 Å². The van der Waals surface area contributed by atoms with Gasteiger partial charge in [0.1, 0.15) is 0 Å². The van der Waals surface area contributed by atoms with Crippen LogP contribution >= 0.6 is 0 Å². The second-order valence-electron chi connectivity index (χ2n) is 2.73. The highest BCUT2D eigenvalue weighted by Crippen LogP contribution is 2.04. The quantitative estimate of drug-likeness (QED) is 0.698. The molecular weight excluding hydrogens is 242 g/mol. The van der Waals surface area contributed by atoms with Gasteiger partial charge in [0.25, 0.3) is 0 Å². The van der Waals surface area contributed by atoms with E-state index in [9.17, 15) is 16.8 Å². The minimum atomic E-state index is -3.79. The standard InChI is InChI=1S/C6H9N3O4S2/c7-15(12,13)4-3-14(10,11)6-5-8-1-2-9-6/h1-2,5H,3-4H2,(H2,7,12,13). The monoisotopic (exact) mass is 251 g/mol. The van der Waals surface area contributed by atoms with Gasteiger partial charge in [-0.2, -0.15) is 0 Å². The Morgan fingerprint density at radius 1 is 1.13 bits per heavy atom. The minimum Gasteiger partial charge on any atom is -0.260 e. The largest absolute Gasteiger partial charge is 0.260 e. The molecule has 9 heteroatoms. The average molecular weight is 251 g/mol. The number of hydrogen-bond acceptors (Lipinski definition) is 6. The fourth-order valence-corrected chi connectivity index (χ4v) is 3.24. The molecule has 2 N–H and O–H groups in total. The molecule has 1 heterocycles. The summed E-state index contributed by atoms with van der Waals surface area (Å²) in [4.78, 5) is 7.14. The molecule has 1 rings (SSSR count). The summed E-state index contributed by atoms with van der Waals surface area (Å²) < 4.78 is 44.1. The van der Waals surface area contributed by atoms with E-state index in [-0.39, 0.29) is 5.03 Å². The molecule has 0 radical (unpaired) electrons. The molecular formula is C6H9N3O4S2. The van der Waals surface area contributed by atoms with Crippen molar-refractivity contribution >= 4 is 19.9 Å². The van der Waals surface area contributed by atoms with Gasteiger partial charge in [-0.15, -0.1) is 0 Å². The van der Waals surface area contributed by atoms with Crippen molar-refractivity contribution in [2.24, 2.45) is 5.14 Å². The van der Waals surface area contributed by atoms with Crippen LogP contribution < -0.4 is 5.14 Å². The summed E-state index contributed by atoms with van der Waals surface area (Å²) in [6.45, 7) is 0. The Morgan fingerprint density at radius 3 is 2.27 bits per heavy atom. The lowest BCUT2D eigenvalue weighted by Gasteiger charge is -2.01. The van der Waals surface area contributed by atoms with Crippen LogP contribution in [0.1, 0.15) is 0 Å². The van der Waals surface area contributed by atoms with Crippen LogP contribution in [0.15, 0.2) is 23.6 Å². The fraction of sp³-hybridized carbons (Fsp3) is 0.333. The number of aromatic nitrogens is 2. The Labute approximate surface area is 87.3 Å². The molecule has 84 valence electrons. The third kappa shape index (κ3) is 3.90. The van der Waals surface area contributed by atoms with E-state index in [2.05, 4.69) is 9.97 Å². The molecule has 0 aliphatic rings. The van der Waals surface area contributed by atoms with Crippen LogP contribution in [0, 0.1) is 0 Å². The first-order valence-corrected chi connectivity index (χ1v) is 7.17. The molecule has 0 spiro atoms. The predicted octanol–water partition coefficient (Wildman–Crippen LogP) is -1.46. The lowest BCUT2D eigenvalue weighted by molar-refractivity contribution is 0.585. The van der Waals surface area contributed by atoms with Gasteiger partial charge in [0.2, 0.25) is 10.0 Å². The second kappa shape index (κ2) is 4.21. The smallest absolute Gasteiger partial charge is 0.210 e. The molecule has 7 nitrogen and oxygen atoms in total. The van der Waals surface area contributed by atoms with Gasteiger partial charge in [-0.05, 0) is 0 Å². The van der Waals surface area contributed by atoms with Crippen LogP contribution in [0.3, 0.4) is 0 Å². The first kappa shape index (κ1) is 12.0. The SMILES string of the molecule is NS(=O)(=O)CCS(=O)(=O)c1cnccn1. The summed E-state index contributed by atoms with van der Waals surface area (Å²) in [6, 6.07) is 0. The Morgan fingerprint density at radius 2 is 1.80 bits per heavy atom. The van der Waals surface area contributed by atoms with Crippen LogP contribution in [0.4, 0.5) is 0 Å². The molecule has 0 unspecified atom stereocenters. The normalized spacial score (nSPS) is 12.6. The van der Waals surface area contributed by atoms with E-state index in [0.717, 1.165) is 6.20 Å². The van der Waals surface area contributed by atoms with Crippen molar-refractivity contribution in [1.29, 1.82) is 0 Å². The highest BCUT2D eigenvalue weighted by Gasteiger charge is 2.18. The van der Waals surface area contributed by atoms with E-state index in [4.69, 9.17) is 5.14 Å². The van der Waals surface area contributed by atoms with Crippen LogP contribution in [-0.2, 0) is 19.9 Å². The van der Waals surface area contributed by atoms with E-state index in [1.807, 2.05) is 0 Å². The summed E-state index contributed by atoms with van der Waals surface area (Å²) in [7, 11) is -7.52. The van der Waals surface area contributed by atoms with Crippen LogP contribution in [0.25, 0.3) is 0 Å². The van der Waals surface area contributed by atoms with Crippen molar-refractivity contribution in [3.05, 3.63) is 18.6 Å². The molecule has 15 heavy (non-hydrogen) atoms. The molecule has 0 amide bonds. The molecule has 0 saturated carbocycles. The second-order valence-corrected chi connectivity index (χ2v) is 6.52. The maximum Gasteiger partial charge on any atom is 0.210 e. The van der Waals surface area contributed by atoms with E-state index >= 15 is 0 Å². The van der Waals surface area contributed by atoms with E-state index < -0.39 is 31.4 Å². The van der Waals surface area contributed by atoms with Crippen LogP contribution in [0.2, 0.25) is 0 Å². The van der Waals surface area contributed by atoms with Crippen molar-refractivity contribution in [3.63, 3.8) is 0 Å². The fourth-order valence-electron chi connectivity index (χ4n) is 0.776. The minimum absolute atomic E-state index is 0.256. The zero-order valence-electron chi connectivity index (χ0n) is 7.57.